The van der Waals surface area contributed by atoms with Gasteiger partial charge in [0.25, 0.3) is 0 Å². The van der Waals surface area contributed by atoms with E-state index >= 15 is 0 Å². The van der Waals surface area contributed by atoms with Gasteiger partial charge in [-0.2, -0.15) is 0 Å². The summed E-state index contributed by atoms with van der Waals surface area (Å²) in [7, 11) is 0. The van der Waals surface area contributed by atoms with Gasteiger partial charge in [-0.15, -0.1) is 0 Å². The highest BCUT2D eigenvalue weighted by molar-refractivity contribution is 4.79. The Balaban J connectivity index is -0.0000000312. The van der Waals surface area contributed by atoms with Crippen molar-refractivity contribution in [1.29, 1.82) is 0 Å². The summed E-state index contributed by atoms with van der Waals surface area (Å²) in [5.74, 6) is 0. The third-order valence-corrected chi connectivity index (χ3v) is 0.425. The third-order valence-electron chi connectivity index (χ3n) is 0.425. The Kier molecular flexibility index (Phi) is 0.468. The van der Waals surface area contributed by atoms with Crippen molar-refractivity contribution in [3.63, 3.8) is 0 Å². The predicted molar refractivity (Wildman–Crippen MR) is 23.2 cm³/mol. The molecule has 0 aliphatic heterocycles. The van der Waals surface area contributed by atoms with E-state index in [1.807, 2.05) is 12.1 Å². The molecule has 0 saturated heterocycles. The first kappa shape index (κ1) is 2.51. The van der Waals surface area contributed by atoms with Crippen molar-refractivity contribution in [2.24, 2.45) is 0 Å². The highest BCUT2D eigenvalue weighted by Crippen LogP contribution is 1.79. The van der Waals surface area contributed by atoms with Gasteiger partial charge in [0.2, 0.25) is 0 Å². The van der Waals surface area contributed by atoms with E-state index in [0.717, 1.165) is 0 Å². The maximum atomic E-state index is 4.58. The van der Waals surface area contributed by atoms with Crippen LogP contribution in [0.25, 0.3) is 0 Å². The van der Waals surface area contributed by atoms with Crippen molar-refractivity contribution in [1.82, 2.24) is 0 Å². The Bertz CT molecular complexity index is 69.0. The highest BCUT2D eigenvalue weighted by atomic mass is 16.3. The standard InChI is InChI=1S/C4H4O/c1-2-4-5-3-1/h1-4H/p+4. The van der Waals surface area contributed by atoms with Crippen molar-refractivity contribution in [2.45, 2.75) is 0 Å². The quantitative estimate of drug-likeness (QED) is 0.455. The Morgan fingerprint density at radius 3 is 2.00 bits per heavy atom. The summed E-state index contributed by atoms with van der Waals surface area (Å²) < 4.78 is 4.58. The molecule has 1 nitrogen and oxygen atoms in total. The lowest BCUT2D eigenvalue weighted by Gasteiger charge is -1.50. The molecule has 0 fully saturated rings. The lowest BCUT2D eigenvalue weighted by Crippen LogP contribution is -1.16. The smallest absolute Gasteiger partial charge is 0.473 e. The topological polar surface area (TPSA) is 13.1 Å². The van der Waals surface area contributed by atoms with E-state index in [-0.39, 0.29) is 5.71 Å². The Labute approximate surface area is 36.2 Å². The molecule has 0 aromatic carbocycles. The first-order valence-corrected chi connectivity index (χ1v) is 1.47. The van der Waals surface area contributed by atoms with E-state index in [9.17, 15) is 0 Å². The molecule has 0 N–H and O–H groups in total. The Morgan fingerprint density at radius 2 is 1.80 bits per heavy atom. The highest BCUT2D eigenvalue weighted by Gasteiger charge is 1.58. The molecule has 0 radical (unpaired) electrons. The summed E-state index contributed by atoms with van der Waals surface area (Å²) in [6, 6.07) is 3.67. The van der Waals surface area contributed by atoms with E-state index in [4.69, 9.17) is 0 Å². The summed E-state index contributed by atoms with van der Waals surface area (Å²) >= 11 is 0. The molecule has 1 rings (SSSR count). The summed E-state index contributed by atoms with van der Waals surface area (Å²) in [6.07, 6.45) is 3.25. The number of hydrogen-bond acceptors (Lipinski definition) is 1. The average molecular weight is 72.1 g/mol. The molecule has 0 amide bonds. The van der Waals surface area contributed by atoms with Gasteiger partial charge >= 0.3 is 5.71 Å². The van der Waals surface area contributed by atoms with Crippen molar-refractivity contribution >= 4 is 0 Å². The number of hydrogen-bond donors (Lipinski definition) is 0. The minimum atomic E-state index is 0. The van der Waals surface area contributed by atoms with Gasteiger partial charge < -0.3 is 4.42 Å². The molecule has 1 heterocycles. The molecule has 1 aromatic rings. The molecular weight excluding hydrogens is 64.0 g/mol. The molecule has 0 unspecified atom stereocenters. The van der Waals surface area contributed by atoms with E-state index in [1.54, 1.807) is 12.5 Å². The second kappa shape index (κ2) is 0.931. The molecule has 0 saturated carbocycles. The zero-order chi connectivity index (χ0) is 3.54. The summed E-state index contributed by atoms with van der Waals surface area (Å²) in [4.78, 5) is 0. The van der Waals surface area contributed by atoms with Crippen molar-refractivity contribution in [2.75, 3.05) is 0 Å². The summed E-state index contributed by atoms with van der Waals surface area (Å²) in [5.41, 5.74) is 0. The Hall–Kier alpha value is -0.720. The fraction of sp³-hybridized carbons (Fsp3) is 0. The summed E-state index contributed by atoms with van der Waals surface area (Å²) in [5, 5.41) is 0. The van der Waals surface area contributed by atoms with Gasteiger partial charge in [-0.25, -0.2) is 0 Å². The fourth-order valence-corrected chi connectivity index (χ4v) is 0.227. The Morgan fingerprint density at radius 1 is 1.20 bits per heavy atom. The van der Waals surface area contributed by atoms with Gasteiger partial charge in [0, 0.05) is 0 Å². The van der Waals surface area contributed by atoms with Crippen LogP contribution in [0.2, 0.25) is 0 Å². The fourth-order valence-electron chi connectivity index (χ4n) is 0.227. The van der Waals surface area contributed by atoms with Crippen LogP contribution >= 0.6 is 0 Å². The SMILES string of the molecule is [H+].[H+].[H+].[H+].c1ccoc1. The van der Waals surface area contributed by atoms with E-state index < -0.39 is 0 Å². The lowest BCUT2D eigenvalue weighted by atomic mass is 10.7. The molecule has 26 valence electrons. The molecule has 1 aromatic heterocycles. The van der Waals surface area contributed by atoms with E-state index in [0.29, 0.717) is 0 Å². The van der Waals surface area contributed by atoms with Gasteiger partial charge in [-0.05, 0) is 12.1 Å². The van der Waals surface area contributed by atoms with Gasteiger partial charge in [-0.3, -0.25) is 0 Å². The molecular formula is C4H8O+4. The van der Waals surface area contributed by atoms with E-state index in [2.05, 4.69) is 4.42 Å². The number of furan rings is 1. The van der Waals surface area contributed by atoms with Gasteiger partial charge in [0.1, 0.15) is 0 Å². The van der Waals surface area contributed by atoms with Crippen LogP contribution in [0, 0.1) is 0 Å². The first-order valence-electron chi connectivity index (χ1n) is 1.47. The maximum Gasteiger partial charge on any atom is 1.00 e. The van der Waals surface area contributed by atoms with Crippen LogP contribution in [0.15, 0.2) is 29.1 Å². The zero-order valence-corrected chi connectivity index (χ0v) is 2.72. The average Bonchev–Trinajstić information content (AvgIpc) is 1.76. The normalized spacial score (nSPS) is 8.00. The second-order valence-electron chi connectivity index (χ2n) is 0.793. The third kappa shape index (κ3) is 0.293. The van der Waals surface area contributed by atoms with Crippen LogP contribution in [0.1, 0.15) is 5.71 Å². The molecule has 0 aliphatic rings. The maximum absolute atomic E-state index is 4.58. The van der Waals surface area contributed by atoms with Crippen molar-refractivity contribution in [3.05, 3.63) is 24.7 Å². The van der Waals surface area contributed by atoms with Gasteiger partial charge in [0.15, 0.2) is 0 Å². The van der Waals surface area contributed by atoms with Gasteiger partial charge in [0.05, 0.1) is 12.5 Å². The minimum Gasteiger partial charge on any atom is -0.473 e. The molecule has 0 bridgehead atoms. The summed E-state index contributed by atoms with van der Waals surface area (Å²) in [6.45, 7) is 0. The molecule has 0 spiro atoms. The predicted octanol–water partition coefficient (Wildman–Crippen LogP) is 1.73. The van der Waals surface area contributed by atoms with Crippen molar-refractivity contribution in [3.8, 4) is 0 Å². The lowest BCUT2D eigenvalue weighted by molar-refractivity contribution is 0.567. The van der Waals surface area contributed by atoms with Gasteiger partial charge in [-0.1, -0.05) is 0 Å². The van der Waals surface area contributed by atoms with Crippen LogP contribution in [-0.2, 0) is 0 Å². The van der Waals surface area contributed by atoms with Crippen LogP contribution in [0.5, 0.6) is 0 Å². The van der Waals surface area contributed by atoms with Crippen molar-refractivity contribution < 1.29 is 10.1 Å². The molecule has 0 atom stereocenters. The minimum absolute atomic E-state index is 0. The first-order chi connectivity index (χ1) is 2.50. The van der Waals surface area contributed by atoms with Crippen LogP contribution < -0.4 is 0 Å². The molecule has 0 aliphatic carbocycles. The monoisotopic (exact) mass is 72.1 g/mol. The zero-order valence-electron chi connectivity index (χ0n) is 6.72. The van der Waals surface area contributed by atoms with Crippen LogP contribution in [-0.4, -0.2) is 0 Å². The second-order valence-corrected chi connectivity index (χ2v) is 0.793. The van der Waals surface area contributed by atoms with Crippen LogP contribution in [0.4, 0.5) is 0 Å². The molecule has 5 heavy (non-hydrogen) atoms. The number of rotatable bonds is 0. The van der Waals surface area contributed by atoms with E-state index in [1.165, 1.54) is 0 Å². The van der Waals surface area contributed by atoms with Crippen LogP contribution in [0.3, 0.4) is 0 Å². The largest absolute Gasteiger partial charge is 1.00 e. The molecule has 1 heteroatoms.